The second kappa shape index (κ2) is 13.7. The quantitative estimate of drug-likeness (QED) is 0.196. The highest BCUT2D eigenvalue weighted by atomic mass is 35.5. The summed E-state index contributed by atoms with van der Waals surface area (Å²) in [5.74, 6) is -1.39. The molecule has 41 heavy (non-hydrogen) atoms. The van der Waals surface area contributed by atoms with E-state index < -0.39 is 40.6 Å². The zero-order valence-corrected chi connectivity index (χ0v) is 25.0. The van der Waals surface area contributed by atoms with Crippen LogP contribution >= 0.6 is 11.6 Å². The molecular weight excluding hydrogens is 554 g/mol. The number of alkyl halides is 1. The van der Waals surface area contributed by atoms with Crippen molar-refractivity contribution in [2.24, 2.45) is 34.3 Å². The lowest BCUT2D eigenvalue weighted by atomic mass is 9.46. The monoisotopic (exact) mass is 597 g/mol. The Kier molecular flexibility index (Phi) is 11.0. The summed E-state index contributed by atoms with van der Waals surface area (Å²) in [7, 11) is 0. The van der Waals surface area contributed by atoms with Crippen molar-refractivity contribution in [2.45, 2.75) is 90.3 Å². The van der Waals surface area contributed by atoms with E-state index >= 15 is 0 Å². The van der Waals surface area contributed by atoms with Gasteiger partial charge in [-0.3, -0.25) is 9.59 Å². The van der Waals surface area contributed by atoms with Crippen LogP contribution in [0.15, 0.2) is 23.8 Å². The summed E-state index contributed by atoms with van der Waals surface area (Å²) < 4.78 is 15.9. The maximum absolute atomic E-state index is 13.2. The topological polar surface area (TPSA) is 162 Å². The number of carbonyl (C=O) groups excluding carboxylic acids is 3. The lowest BCUT2D eigenvalue weighted by molar-refractivity contribution is -0.199. The minimum Gasteiger partial charge on any atom is -0.481 e. The van der Waals surface area contributed by atoms with Crippen LogP contribution in [0, 0.1) is 28.6 Å². The number of aliphatic hydroxyl groups excluding tert-OH is 1. The number of allylic oxidation sites excluding steroid dienone is 4. The molecule has 230 valence electrons. The first-order chi connectivity index (χ1) is 19.4. The van der Waals surface area contributed by atoms with Crippen LogP contribution in [0.25, 0.3) is 0 Å². The number of ketones is 1. The number of esters is 1. The van der Waals surface area contributed by atoms with Gasteiger partial charge in [0.2, 0.25) is 5.60 Å². The number of nitrogens with two attached hydrogens (primary N) is 1. The second-order valence-electron chi connectivity index (χ2n) is 11.9. The molecule has 0 amide bonds. The van der Waals surface area contributed by atoms with E-state index in [0.29, 0.717) is 13.0 Å². The largest absolute Gasteiger partial charge is 0.509 e. The number of carboxylic acid groups (broad SMARTS) is 1. The number of carbonyl (C=O) groups is 4. The lowest BCUT2D eigenvalue weighted by Crippen LogP contribution is -2.62. The van der Waals surface area contributed by atoms with Gasteiger partial charge in [0.1, 0.15) is 0 Å². The Morgan fingerprint density at radius 3 is 2.51 bits per heavy atom. The van der Waals surface area contributed by atoms with Gasteiger partial charge in [0, 0.05) is 23.2 Å². The third-order valence-electron chi connectivity index (χ3n) is 9.75. The Hall–Kier alpha value is -2.43. The molecule has 3 fully saturated rings. The summed E-state index contributed by atoms with van der Waals surface area (Å²) in [5.41, 5.74) is 3.43. The van der Waals surface area contributed by atoms with Crippen LogP contribution in [0.4, 0.5) is 4.79 Å². The summed E-state index contributed by atoms with van der Waals surface area (Å²) >= 11 is 5.70. The van der Waals surface area contributed by atoms with E-state index in [1.165, 1.54) is 0 Å². The molecule has 4 N–H and O–H groups in total. The summed E-state index contributed by atoms with van der Waals surface area (Å²) in [6.07, 6.45) is 9.22. The Bertz CT molecular complexity index is 1060. The van der Waals surface area contributed by atoms with Gasteiger partial charge in [0.15, 0.2) is 11.8 Å². The van der Waals surface area contributed by atoms with Crippen molar-refractivity contribution in [1.82, 2.24) is 0 Å². The number of hydrogen-bond acceptors (Lipinski definition) is 9. The number of carboxylic acids is 1. The minimum atomic E-state index is -1.57. The van der Waals surface area contributed by atoms with Gasteiger partial charge in [-0.1, -0.05) is 43.5 Å². The van der Waals surface area contributed by atoms with Crippen molar-refractivity contribution in [3.8, 4) is 0 Å². The molecular formula is C30H44ClNO9. The van der Waals surface area contributed by atoms with Crippen molar-refractivity contribution in [2.75, 3.05) is 19.2 Å². The molecule has 0 aromatic carbocycles. The fraction of sp³-hybridized carbons (Fsp3) is 0.733. The van der Waals surface area contributed by atoms with Crippen molar-refractivity contribution >= 4 is 35.5 Å². The molecule has 0 radical (unpaired) electrons. The molecule has 0 aromatic heterocycles. The number of unbranched alkanes of at least 4 members (excludes halogenated alkanes) is 2. The van der Waals surface area contributed by atoms with Gasteiger partial charge in [-0.15, -0.1) is 0 Å². The number of aliphatic hydroxyl groups is 1. The molecule has 4 rings (SSSR count). The van der Waals surface area contributed by atoms with Gasteiger partial charge in [0.25, 0.3) is 0 Å². The zero-order valence-electron chi connectivity index (χ0n) is 24.2. The van der Waals surface area contributed by atoms with E-state index in [-0.39, 0.29) is 55.5 Å². The maximum atomic E-state index is 13.2. The molecule has 7 atom stereocenters. The van der Waals surface area contributed by atoms with Crippen LogP contribution in [0.5, 0.6) is 0 Å². The number of rotatable bonds is 9. The number of hydrogen-bond donors (Lipinski definition) is 3. The first-order valence-electron chi connectivity index (χ1n) is 14.5. The average Bonchev–Trinajstić information content (AvgIpc) is 3.19. The molecule has 0 bridgehead atoms. The summed E-state index contributed by atoms with van der Waals surface area (Å²) in [6.45, 7) is 6.44. The molecule has 0 aromatic rings. The smallest absolute Gasteiger partial charge is 0.481 e. The van der Waals surface area contributed by atoms with Crippen LogP contribution in [-0.4, -0.2) is 65.0 Å². The van der Waals surface area contributed by atoms with Gasteiger partial charge >= 0.3 is 18.1 Å². The molecule has 3 saturated carbocycles. The highest BCUT2D eigenvalue weighted by molar-refractivity contribution is 6.17. The van der Waals surface area contributed by atoms with Gasteiger partial charge < -0.3 is 30.2 Å². The normalized spacial score (nSPS) is 35.1. The summed E-state index contributed by atoms with van der Waals surface area (Å²) in [4.78, 5) is 47.4. The number of fused-ring (bicyclic) bond motifs is 5. The van der Waals surface area contributed by atoms with E-state index in [2.05, 4.69) is 6.92 Å². The van der Waals surface area contributed by atoms with Gasteiger partial charge in [-0.2, -0.15) is 0 Å². The van der Waals surface area contributed by atoms with Gasteiger partial charge in [0.05, 0.1) is 12.7 Å². The fourth-order valence-corrected chi connectivity index (χ4v) is 8.01. The number of ether oxygens (including phenoxy) is 3. The molecule has 11 heteroatoms. The molecule has 0 saturated heterocycles. The van der Waals surface area contributed by atoms with Crippen molar-refractivity contribution in [3.05, 3.63) is 23.8 Å². The number of aliphatic carboxylic acids is 1. The Labute approximate surface area is 246 Å². The molecule has 0 heterocycles. The second-order valence-corrected chi connectivity index (χ2v) is 12.1. The summed E-state index contributed by atoms with van der Waals surface area (Å²) in [6, 6.07) is -0.354. The number of halogens is 1. The minimum absolute atomic E-state index is 0.0161. The van der Waals surface area contributed by atoms with E-state index in [0.717, 1.165) is 37.7 Å². The van der Waals surface area contributed by atoms with Crippen LogP contribution in [0.1, 0.15) is 78.6 Å². The highest BCUT2D eigenvalue weighted by Gasteiger charge is 2.71. The lowest BCUT2D eigenvalue weighted by Gasteiger charge is -2.59. The molecule has 4 aliphatic rings. The predicted molar refractivity (Wildman–Crippen MR) is 151 cm³/mol. The Balaban J connectivity index is 0.000000445. The van der Waals surface area contributed by atoms with E-state index in [1.807, 2.05) is 13.0 Å². The third-order valence-corrected chi connectivity index (χ3v) is 9.85. The standard InChI is InChI=1S/C24H31ClO7.C6H13NO2/c1-4-30-21(29)32-24(20(28)31-13-25)10-8-17-16-6-5-14-11-15(26)7-9-22(14,2)19(16)18(27)12-23(17,24)3;7-5-3-1-2-4-6(8)9/h7,9,11,16-19,27H,4-6,8,10,12-13H2,1-3H3;1-5,7H2,(H,8,9)/t16-,17-,18-,19+,22-,23-,24-;/m0./s1. The summed E-state index contributed by atoms with van der Waals surface area (Å²) in [5, 5.41) is 19.7. The fourth-order valence-electron chi connectivity index (χ4n) is 7.91. The first kappa shape index (κ1) is 33.1. The third kappa shape index (κ3) is 6.49. The van der Waals surface area contributed by atoms with Crippen LogP contribution < -0.4 is 5.73 Å². The maximum Gasteiger partial charge on any atom is 0.509 e. The van der Waals surface area contributed by atoms with E-state index in [1.54, 1.807) is 19.1 Å². The zero-order chi connectivity index (χ0) is 30.4. The first-order valence-corrected chi connectivity index (χ1v) is 15.1. The highest BCUT2D eigenvalue weighted by Crippen LogP contribution is 2.68. The molecule has 0 spiro atoms. The van der Waals surface area contributed by atoms with Crippen LogP contribution in [-0.2, 0) is 28.6 Å². The average molecular weight is 598 g/mol. The Morgan fingerprint density at radius 1 is 1.15 bits per heavy atom. The van der Waals surface area contributed by atoms with Crippen LogP contribution in [0.3, 0.4) is 0 Å². The van der Waals surface area contributed by atoms with Crippen LogP contribution in [0.2, 0.25) is 0 Å². The molecule has 0 aliphatic heterocycles. The van der Waals surface area contributed by atoms with Crippen molar-refractivity contribution < 1.29 is 43.6 Å². The van der Waals surface area contributed by atoms with Crippen molar-refractivity contribution in [1.29, 1.82) is 0 Å². The molecule has 10 nitrogen and oxygen atoms in total. The van der Waals surface area contributed by atoms with Gasteiger partial charge in [-0.05, 0) is 82.4 Å². The SMILES string of the molecule is CCOC(=O)O[C@]1(C(=O)OCCl)CC[C@H]2[C@@H]3CCC4=CC(=O)C=C[C@]4(C)[C@H]3[C@@H](O)C[C@@]21C.NCCCCCC(=O)O. The van der Waals surface area contributed by atoms with Gasteiger partial charge in [-0.25, -0.2) is 9.59 Å². The molecule has 0 unspecified atom stereocenters. The van der Waals surface area contributed by atoms with E-state index in [4.69, 9.17) is 36.7 Å². The molecule has 4 aliphatic carbocycles. The van der Waals surface area contributed by atoms with Crippen molar-refractivity contribution in [3.63, 3.8) is 0 Å². The predicted octanol–water partition coefficient (Wildman–Crippen LogP) is 4.51. The van der Waals surface area contributed by atoms with E-state index in [9.17, 15) is 24.3 Å². The Morgan fingerprint density at radius 2 is 1.88 bits per heavy atom.